The van der Waals surface area contributed by atoms with Gasteiger partial charge >= 0.3 is 6.09 Å². The van der Waals surface area contributed by atoms with E-state index in [-0.39, 0.29) is 18.8 Å². The number of ether oxygens (including phenoxy) is 1. The van der Waals surface area contributed by atoms with E-state index in [0.717, 1.165) is 0 Å². The Morgan fingerprint density at radius 1 is 1.44 bits per heavy atom. The fraction of sp³-hybridized carbons (Fsp3) is 0.692. The molecule has 0 fully saturated rings. The number of carbonyl (C=O) groups excluding carboxylic acids is 2. The van der Waals surface area contributed by atoms with E-state index in [9.17, 15) is 9.59 Å². The second kappa shape index (κ2) is 7.87. The Balaban J connectivity index is 4.14. The normalized spacial score (nSPS) is 12.7. The molecular weight excluding hydrogens is 234 g/mol. The summed E-state index contributed by atoms with van der Waals surface area (Å²) in [6.45, 7) is 8.47. The molecule has 0 aromatic heterocycles. The second-order valence-corrected chi connectivity index (χ2v) is 5.10. The SMILES string of the molecule is C=CCCC(=O)C[C@@H](CO)NC(=O)OC(C)(C)C. The van der Waals surface area contributed by atoms with Crippen molar-refractivity contribution in [2.45, 2.75) is 51.7 Å². The van der Waals surface area contributed by atoms with Crippen LogP contribution in [0.3, 0.4) is 0 Å². The first-order valence-corrected chi connectivity index (χ1v) is 6.01. The minimum Gasteiger partial charge on any atom is -0.444 e. The number of nitrogens with one attached hydrogen (secondary N) is 1. The van der Waals surface area contributed by atoms with Gasteiger partial charge in [-0.2, -0.15) is 0 Å². The third-order valence-electron chi connectivity index (χ3n) is 2.04. The Labute approximate surface area is 108 Å². The van der Waals surface area contributed by atoms with Gasteiger partial charge < -0.3 is 15.2 Å². The van der Waals surface area contributed by atoms with Crippen LogP contribution in [0, 0.1) is 0 Å². The lowest BCUT2D eigenvalue weighted by Crippen LogP contribution is -2.42. The highest BCUT2D eigenvalue weighted by molar-refractivity contribution is 5.80. The average Bonchev–Trinajstić information content (AvgIpc) is 2.22. The maximum atomic E-state index is 11.5. The number of Topliss-reactive ketones (excluding diaryl/α,β-unsaturated/α-hetero) is 1. The van der Waals surface area contributed by atoms with Crippen molar-refractivity contribution in [1.82, 2.24) is 5.32 Å². The molecule has 1 atom stereocenters. The topological polar surface area (TPSA) is 75.6 Å². The summed E-state index contributed by atoms with van der Waals surface area (Å²) in [5.41, 5.74) is -0.600. The summed E-state index contributed by atoms with van der Waals surface area (Å²) in [5, 5.41) is 11.6. The lowest BCUT2D eigenvalue weighted by molar-refractivity contribution is -0.119. The van der Waals surface area contributed by atoms with Crippen LogP contribution in [-0.2, 0) is 9.53 Å². The van der Waals surface area contributed by atoms with Gasteiger partial charge in [0, 0.05) is 12.8 Å². The molecule has 0 heterocycles. The van der Waals surface area contributed by atoms with Crippen LogP contribution in [0.25, 0.3) is 0 Å². The molecule has 0 saturated heterocycles. The van der Waals surface area contributed by atoms with Gasteiger partial charge in [-0.1, -0.05) is 6.08 Å². The van der Waals surface area contributed by atoms with Crippen LogP contribution in [0.15, 0.2) is 12.7 Å². The van der Waals surface area contributed by atoms with Crippen molar-refractivity contribution >= 4 is 11.9 Å². The third-order valence-corrected chi connectivity index (χ3v) is 2.04. The van der Waals surface area contributed by atoms with Crippen LogP contribution >= 0.6 is 0 Å². The number of rotatable bonds is 7. The molecule has 0 aliphatic heterocycles. The number of ketones is 1. The van der Waals surface area contributed by atoms with E-state index in [0.29, 0.717) is 12.8 Å². The molecule has 1 amide bonds. The molecule has 0 spiro atoms. The lowest BCUT2D eigenvalue weighted by Gasteiger charge is -2.22. The molecular formula is C13H23NO4. The van der Waals surface area contributed by atoms with E-state index in [1.807, 2.05) is 0 Å². The average molecular weight is 257 g/mol. The molecule has 0 aliphatic rings. The summed E-state index contributed by atoms with van der Waals surface area (Å²) >= 11 is 0. The molecule has 18 heavy (non-hydrogen) atoms. The molecule has 0 aromatic rings. The number of carbonyl (C=O) groups is 2. The third kappa shape index (κ3) is 8.75. The minimum atomic E-state index is -0.627. The van der Waals surface area contributed by atoms with Gasteiger partial charge in [0.25, 0.3) is 0 Å². The highest BCUT2D eigenvalue weighted by atomic mass is 16.6. The number of aliphatic hydroxyl groups is 1. The molecule has 0 saturated carbocycles. The van der Waals surface area contributed by atoms with Crippen molar-refractivity contribution in [2.24, 2.45) is 0 Å². The molecule has 0 rings (SSSR count). The predicted molar refractivity (Wildman–Crippen MR) is 69.3 cm³/mol. The Morgan fingerprint density at radius 3 is 2.50 bits per heavy atom. The molecule has 0 bridgehead atoms. The van der Waals surface area contributed by atoms with Crippen molar-refractivity contribution in [3.8, 4) is 0 Å². The zero-order valence-electron chi connectivity index (χ0n) is 11.4. The maximum Gasteiger partial charge on any atom is 0.407 e. The summed E-state index contributed by atoms with van der Waals surface area (Å²) in [5.74, 6) is -0.0231. The van der Waals surface area contributed by atoms with Gasteiger partial charge in [0.15, 0.2) is 0 Å². The first kappa shape index (κ1) is 16.6. The summed E-state index contributed by atoms with van der Waals surface area (Å²) in [6.07, 6.45) is 2.11. The van der Waals surface area contributed by atoms with Gasteiger partial charge in [0.05, 0.1) is 12.6 Å². The zero-order valence-corrected chi connectivity index (χ0v) is 11.4. The van der Waals surface area contributed by atoms with Crippen LogP contribution in [-0.4, -0.2) is 35.2 Å². The Kier molecular flexibility index (Phi) is 7.27. The van der Waals surface area contributed by atoms with Crippen molar-refractivity contribution < 1.29 is 19.4 Å². The van der Waals surface area contributed by atoms with E-state index in [4.69, 9.17) is 9.84 Å². The summed E-state index contributed by atoms with van der Waals surface area (Å²) in [6, 6.07) is -0.600. The van der Waals surface area contributed by atoms with E-state index in [1.165, 1.54) is 0 Å². The molecule has 0 unspecified atom stereocenters. The Bertz CT molecular complexity index is 294. The number of hydrogen-bond acceptors (Lipinski definition) is 4. The van der Waals surface area contributed by atoms with Gasteiger partial charge in [0.1, 0.15) is 11.4 Å². The van der Waals surface area contributed by atoms with E-state index >= 15 is 0 Å². The molecule has 0 radical (unpaired) electrons. The standard InChI is InChI=1S/C13H23NO4/c1-5-6-7-11(16)8-10(9-15)14-12(17)18-13(2,3)4/h5,10,15H,1,6-9H2,2-4H3,(H,14,17)/t10-/m0/s1. The molecule has 104 valence electrons. The molecule has 2 N–H and O–H groups in total. The van der Waals surface area contributed by atoms with Gasteiger partial charge in [0.2, 0.25) is 0 Å². The number of allylic oxidation sites excluding steroid dienone is 1. The number of alkyl carbamates (subject to hydrolysis) is 1. The number of hydrogen-bond donors (Lipinski definition) is 2. The summed E-state index contributed by atoms with van der Waals surface area (Å²) < 4.78 is 5.04. The highest BCUT2D eigenvalue weighted by Gasteiger charge is 2.20. The van der Waals surface area contributed by atoms with Crippen LogP contribution < -0.4 is 5.32 Å². The smallest absolute Gasteiger partial charge is 0.407 e. The largest absolute Gasteiger partial charge is 0.444 e. The number of aliphatic hydroxyl groups excluding tert-OH is 1. The van der Waals surface area contributed by atoms with Gasteiger partial charge in [-0.15, -0.1) is 6.58 Å². The van der Waals surface area contributed by atoms with Crippen molar-refractivity contribution in [2.75, 3.05) is 6.61 Å². The quantitative estimate of drug-likeness (QED) is 0.682. The van der Waals surface area contributed by atoms with Crippen molar-refractivity contribution in [3.05, 3.63) is 12.7 Å². The van der Waals surface area contributed by atoms with Crippen molar-refractivity contribution in [3.63, 3.8) is 0 Å². The van der Waals surface area contributed by atoms with Crippen LogP contribution in [0.1, 0.15) is 40.0 Å². The predicted octanol–water partition coefficient (Wildman–Crippen LogP) is 1.80. The zero-order chi connectivity index (χ0) is 14.2. The van der Waals surface area contributed by atoms with E-state index in [1.54, 1.807) is 26.8 Å². The first-order chi connectivity index (χ1) is 8.28. The number of amides is 1. The van der Waals surface area contributed by atoms with Gasteiger partial charge in [-0.05, 0) is 27.2 Å². The Hall–Kier alpha value is -1.36. The molecule has 5 nitrogen and oxygen atoms in total. The molecule has 5 heteroatoms. The summed E-state index contributed by atoms with van der Waals surface area (Å²) in [4.78, 5) is 22.9. The van der Waals surface area contributed by atoms with E-state index < -0.39 is 17.7 Å². The molecule has 0 aromatic carbocycles. The van der Waals surface area contributed by atoms with Crippen molar-refractivity contribution in [1.29, 1.82) is 0 Å². The highest BCUT2D eigenvalue weighted by Crippen LogP contribution is 2.07. The fourth-order valence-corrected chi connectivity index (χ4v) is 1.28. The van der Waals surface area contributed by atoms with E-state index in [2.05, 4.69) is 11.9 Å². The van der Waals surface area contributed by atoms with Gasteiger partial charge in [-0.3, -0.25) is 4.79 Å². The molecule has 0 aliphatic carbocycles. The Morgan fingerprint density at radius 2 is 2.06 bits per heavy atom. The summed E-state index contributed by atoms with van der Waals surface area (Å²) in [7, 11) is 0. The fourth-order valence-electron chi connectivity index (χ4n) is 1.28. The monoisotopic (exact) mass is 257 g/mol. The van der Waals surface area contributed by atoms with Crippen LogP contribution in [0.4, 0.5) is 4.79 Å². The first-order valence-electron chi connectivity index (χ1n) is 6.01. The van der Waals surface area contributed by atoms with Crippen LogP contribution in [0.5, 0.6) is 0 Å². The van der Waals surface area contributed by atoms with Gasteiger partial charge in [-0.25, -0.2) is 4.79 Å². The van der Waals surface area contributed by atoms with Crippen LogP contribution in [0.2, 0.25) is 0 Å². The lowest BCUT2D eigenvalue weighted by atomic mass is 10.1. The maximum absolute atomic E-state index is 11.5. The second-order valence-electron chi connectivity index (χ2n) is 5.10. The minimum absolute atomic E-state index is 0.0231.